The molecule has 0 bridgehead atoms. The third kappa shape index (κ3) is 0.838. The second-order valence-corrected chi connectivity index (χ2v) is 4.03. The van der Waals surface area contributed by atoms with Crippen molar-refractivity contribution in [2.75, 3.05) is 5.33 Å². The summed E-state index contributed by atoms with van der Waals surface area (Å²) in [5.74, 6) is 0.883. The number of hydrogen-bond donors (Lipinski definition) is 0. The molecule has 1 aliphatic carbocycles. The first-order chi connectivity index (χ1) is 4.24. The van der Waals surface area contributed by atoms with E-state index in [9.17, 15) is 0 Å². The van der Waals surface area contributed by atoms with E-state index in [2.05, 4.69) is 22.9 Å². The Hall–Kier alpha value is 0.440. The van der Waals surface area contributed by atoms with E-state index in [0.717, 1.165) is 11.2 Å². The van der Waals surface area contributed by atoms with Crippen LogP contribution in [0.3, 0.4) is 0 Å². The maximum absolute atomic E-state index is 5.45. The van der Waals surface area contributed by atoms with Crippen molar-refractivity contribution >= 4 is 15.9 Å². The molecule has 0 amide bonds. The van der Waals surface area contributed by atoms with Crippen molar-refractivity contribution in [1.82, 2.24) is 0 Å². The third-order valence-corrected chi connectivity index (χ3v) is 3.41. The van der Waals surface area contributed by atoms with Crippen LogP contribution in [-0.4, -0.2) is 17.0 Å². The highest BCUT2D eigenvalue weighted by molar-refractivity contribution is 9.09. The molecule has 1 nitrogen and oxygen atoms in total. The molecule has 0 aromatic rings. The van der Waals surface area contributed by atoms with Gasteiger partial charge < -0.3 is 4.74 Å². The van der Waals surface area contributed by atoms with Gasteiger partial charge in [-0.1, -0.05) is 15.9 Å². The van der Waals surface area contributed by atoms with E-state index >= 15 is 0 Å². The maximum Gasteiger partial charge on any atom is 0.0923 e. The second kappa shape index (κ2) is 1.73. The van der Waals surface area contributed by atoms with Crippen LogP contribution < -0.4 is 0 Å². The predicted octanol–water partition coefficient (Wildman–Crippen LogP) is 1.95. The first kappa shape index (κ1) is 6.17. The van der Waals surface area contributed by atoms with E-state index in [-0.39, 0.29) is 0 Å². The second-order valence-electron chi connectivity index (χ2n) is 3.38. The predicted molar refractivity (Wildman–Crippen MR) is 39.8 cm³/mol. The normalized spacial score (nSPS) is 55.3. The number of halogens is 1. The summed E-state index contributed by atoms with van der Waals surface area (Å²) in [7, 11) is 0. The summed E-state index contributed by atoms with van der Waals surface area (Å²) in [6, 6.07) is 0. The number of ether oxygens (including phenoxy) is 1. The minimum atomic E-state index is 0.304. The fourth-order valence-corrected chi connectivity index (χ4v) is 2.34. The van der Waals surface area contributed by atoms with E-state index in [1.165, 1.54) is 12.8 Å². The van der Waals surface area contributed by atoms with Crippen LogP contribution in [-0.2, 0) is 4.74 Å². The molecule has 2 rings (SSSR count). The highest BCUT2D eigenvalue weighted by Crippen LogP contribution is 2.52. The minimum Gasteiger partial charge on any atom is -0.366 e. The molecule has 2 aliphatic rings. The summed E-state index contributed by atoms with van der Waals surface area (Å²) in [5, 5.41) is 1.16. The van der Waals surface area contributed by atoms with Gasteiger partial charge in [0.1, 0.15) is 0 Å². The molecule has 2 heteroatoms. The Balaban J connectivity index is 1.98. The lowest BCUT2D eigenvalue weighted by atomic mass is 10.1. The van der Waals surface area contributed by atoms with Crippen molar-refractivity contribution < 1.29 is 4.74 Å². The lowest BCUT2D eigenvalue weighted by Crippen LogP contribution is -2.05. The van der Waals surface area contributed by atoms with Gasteiger partial charge in [0.15, 0.2) is 0 Å². The van der Waals surface area contributed by atoms with Crippen LogP contribution in [0.2, 0.25) is 0 Å². The topological polar surface area (TPSA) is 12.5 Å². The van der Waals surface area contributed by atoms with Gasteiger partial charge in [-0.05, 0) is 25.7 Å². The molecule has 52 valence electrons. The first-order valence-electron chi connectivity index (χ1n) is 3.48. The largest absolute Gasteiger partial charge is 0.366 e. The molecule has 1 saturated heterocycles. The Bertz CT molecular complexity index is 137. The van der Waals surface area contributed by atoms with Crippen LogP contribution in [0.5, 0.6) is 0 Å². The van der Waals surface area contributed by atoms with Gasteiger partial charge in [0.25, 0.3) is 0 Å². The lowest BCUT2D eigenvalue weighted by Gasteiger charge is -2.07. The van der Waals surface area contributed by atoms with Crippen LogP contribution in [0, 0.1) is 5.92 Å². The summed E-state index contributed by atoms with van der Waals surface area (Å²) in [5.41, 5.74) is 0.304. The van der Waals surface area contributed by atoms with E-state index in [1.807, 2.05) is 0 Å². The van der Waals surface area contributed by atoms with Crippen LogP contribution in [0.4, 0.5) is 0 Å². The average Bonchev–Trinajstić information content (AvgIpc) is 2.33. The van der Waals surface area contributed by atoms with Crippen molar-refractivity contribution in [3.05, 3.63) is 0 Å². The van der Waals surface area contributed by atoms with Gasteiger partial charge in [-0.25, -0.2) is 0 Å². The molecule has 9 heavy (non-hydrogen) atoms. The van der Waals surface area contributed by atoms with Crippen molar-refractivity contribution in [3.63, 3.8) is 0 Å². The number of hydrogen-bond acceptors (Lipinski definition) is 1. The molecule has 0 aromatic carbocycles. The van der Waals surface area contributed by atoms with Gasteiger partial charge >= 0.3 is 0 Å². The Morgan fingerprint density at radius 2 is 2.56 bits per heavy atom. The van der Waals surface area contributed by atoms with Crippen LogP contribution in [0.1, 0.15) is 19.8 Å². The Labute approximate surface area is 63.9 Å². The summed E-state index contributed by atoms with van der Waals surface area (Å²) in [6.45, 7) is 2.22. The summed E-state index contributed by atoms with van der Waals surface area (Å²) >= 11 is 3.49. The first-order valence-corrected chi connectivity index (χ1v) is 4.60. The van der Waals surface area contributed by atoms with Gasteiger partial charge in [0.05, 0.1) is 11.7 Å². The standard InChI is InChI=1S/C7H11BrO/c1-7-3-5(4-8)2-6(7)9-7/h5-6H,2-4H2,1H3/t5-,6-,7+/m1/s1. The number of epoxide rings is 1. The van der Waals surface area contributed by atoms with E-state index in [4.69, 9.17) is 4.74 Å². The molecule has 0 spiro atoms. The van der Waals surface area contributed by atoms with Gasteiger partial charge in [-0.15, -0.1) is 0 Å². The van der Waals surface area contributed by atoms with Crippen molar-refractivity contribution in [2.24, 2.45) is 5.92 Å². The molecule has 1 heterocycles. The molecule has 3 atom stereocenters. The average molecular weight is 191 g/mol. The van der Waals surface area contributed by atoms with Crippen molar-refractivity contribution in [1.29, 1.82) is 0 Å². The van der Waals surface area contributed by atoms with Gasteiger partial charge in [0.2, 0.25) is 0 Å². The van der Waals surface area contributed by atoms with Crippen LogP contribution >= 0.6 is 15.9 Å². The van der Waals surface area contributed by atoms with E-state index in [1.54, 1.807) is 0 Å². The number of fused-ring (bicyclic) bond motifs is 1. The van der Waals surface area contributed by atoms with Crippen LogP contribution in [0.25, 0.3) is 0 Å². The van der Waals surface area contributed by atoms with Gasteiger partial charge in [-0.3, -0.25) is 0 Å². The fourth-order valence-electron chi connectivity index (χ4n) is 1.84. The van der Waals surface area contributed by atoms with Crippen molar-refractivity contribution in [3.8, 4) is 0 Å². The quantitative estimate of drug-likeness (QED) is 0.455. The number of alkyl halides is 1. The smallest absolute Gasteiger partial charge is 0.0923 e. The van der Waals surface area contributed by atoms with Crippen molar-refractivity contribution in [2.45, 2.75) is 31.5 Å². The zero-order valence-electron chi connectivity index (χ0n) is 5.56. The van der Waals surface area contributed by atoms with E-state index in [0.29, 0.717) is 11.7 Å². The monoisotopic (exact) mass is 190 g/mol. The summed E-state index contributed by atoms with van der Waals surface area (Å²) in [6.07, 6.45) is 3.16. The Kier molecular flexibility index (Phi) is 1.18. The third-order valence-electron chi connectivity index (χ3n) is 2.49. The molecule has 1 aliphatic heterocycles. The molecule has 2 fully saturated rings. The SMILES string of the molecule is C[C@]12C[C@H](CBr)C[C@H]1O2. The zero-order valence-corrected chi connectivity index (χ0v) is 7.15. The highest BCUT2D eigenvalue weighted by Gasteiger charge is 2.58. The van der Waals surface area contributed by atoms with E-state index < -0.39 is 0 Å². The van der Waals surface area contributed by atoms with Crippen LogP contribution in [0.15, 0.2) is 0 Å². The van der Waals surface area contributed by atoms with Gasteiger partial charge in [-0.2, -0.15) is 0 Å². The molecule has 0 radical (unpaired) electrons. The molecular weight excluding hydrogens is 180 g/mol. The highest BCUT2D eigenvalue weighted by atomic mass is 79.9. The fraction of sp³-hybridized carbons (Fsp3) is 1.00. The molecule has 1 saturated carbocycles. The Morgan fingerprint density at radius 3 is 2.89 bits per heavy atom. The minimum absolute atomic E-state index is 0.304. The zero-order chi connectivity index (χ0) is 6.48. The van der Waals surface area contributed by atoms with Gasteiger partial charge in [0, 0.05) is 5.33 Å². The Morgan fingerprint density at radius 1 is 1.78 bits per heavy atom. The summed E-state index contributed by atoms with van der Waals surface area (Å²) < 4.78 is 5.45. The number of rotatable bonds is 1. The molecular formula is C7H11BrO. The molecule has 0 N–H and O–H groups in total. The summed E-state index contributed by atoms with van der Waals surface area (Å²) in [4.78, 5) is 0. The molecule has 0 aromatic heterocycles. The molecule has 0 unspecified atom stereocenters. The maximum atomic E-state index is 5.45. The lowest BCUT2D eigenvalue weighted by molar-refractivity contribution is 0.234.